The van der Waals surface area contributed by atoms with E-state index in [-0.39, 0.29) is 5.91 Å². The molecule has 0 N–H and O–H groups in total. The molecule has 0 atom stereocenters. The zero-order valence-electron chi connectivity index (χ0n) is 13.2. The average molecular weight is 405 g/mol. The summed E-state index contributed by atoms with van der Waals surface area (Å²) in [5.74, 6) is -0.0336. The Bertz CT molecular complexity index is 684. The Labute approximate surface area is 146 Å². The molecule has 1 amide bonds. The largest absolute Gasteiger partial charge is 0.303 e. The van der Waals surface area contributed by atoms with Crippen molar-refractivity contribution >= 4 is 34.2 Å². The first kappa shape index (κ1) is 16.7. The van der Waals surface area contributed by atoms with Gasteiger partial charge in [-0.25, -0.2) is 0 Å². The fourth-order valence-electron chi connectivity index (χ4n) is 2.50. The van der Waals surface area contributed by atoms with Crippen molar-refractivity contribution in [3.8, 4) is 0 Å². The Morgan fingerprint density at radius 2 is 1.82 bits per heavy atom. The molecule has 2 aromatic carbocycles. The fourth-order valence-corrected chi connectivity index (χ4v) is 3.71. The second-order valence-corrected chi connectivity index (χ2v) is 6.73. The van der Waals surface area contributed by atoms with E-state index < -0.39 is 0 Å². The van der Waals surface area contributed by atoms with Crippen LogP contribution in [0, 0.1) is 17.4 Å². The highest BCUT2D eigenvalue weighted by Gasteiger charge is 2.21. The molecule has 0 aliphatic carbocycles. The van der Waals surface area contributed by atoms with Crippen LogP contribution in [0.5, 0.6) is 0 Å². The first-order valence-electron chi connectivity index (χ1n) is 7.18. The maximum absolute atomic E-state index is 12.7. The number of anilines is 1. The minimum Gasteiger partial charge on any atom is -0.303 e. The number of halogens is 1. The predicted octanol–water partition coefficient (Wildman–Crippen LogP) is 5.02. The Morgan fingerprint density at radius 3 is 2.36 bits per heavy atom. The smallest absolute Gasteiger partial charge is 0.253 e. The quantitative estimate of drug-likeness (QED) is 0.517. The lowest BCUT2D eigenvalue weighted by Crippen LogP contribution is -2.32. The van der Waals surface area contributed by atoms with Crippen molar-refractivity contribution in [1.82, 2.24) is 0 Å². The molecule has 0 bridgehead atoms. The highest BCUT2D eigenvalue weighted by Crippen LogP contribution is 2.30. The molecule has 0 aliphatic rings. The SMILES string of the molecule is C=C(C)C(=O)N(Cc1ccccc1)c1c(C)cc(C)cc1I. The van der Waals surface area contributed by atoms with E-state index in [0.717, 1.165) is 20.4 Å². The van der Waals surface area contributed by atoms with Crippen LogP contribution in [-0.2, 0) is 11.3 Å². The van der Waals surface area contributed by atoms with Crippen LogP contribution in [0.2, 0.25) is 0 Å². The molecule has 0 heterocycles. The van der Waals surface area contributed by atoms with Crippen LogP contribution in [0.3, 0.4) is 0 Å². The summed E-state index contributed by atoms with van der Waals surface area (Å²) in [6.07, 6.45) is 0. The van der Waals surface area contributed by atoms with Gasteiger partial charge in [-0.1, -0.05) is 43.0 Å². The van der Waals surface area contributed by atoms with Gasteiger partial charge in [-0.15, -0.1) is 0 Å². The van der Waals surface area contributed by atoms with E-state index in [4.69, 9.17) is 0 Å². The number of hydrogen-bond donors (Lipinski definition) is 0. The van der Waals surface area contributed by atoms with Gasteiger partial charge in [0.2, 0.25) is 0 Å². The fraction of sp³-hybridized carbons (Fsp3) is 0.211. The van der Waals surface area contributed by atoms with Crippen LogP contribution in [0.15, 0.2) is 54.6 Å². The number of carbonyl (C=O) groups is 1. The summed E-state index contributed by atoms with van der Waals surface area (Å²) in [6.45, 7) is 10.3. The molecule has 2 nitrogen and oxygen atoms in total. The monoisotopic (exact) mass is 405 g/mol. The summed E-state index contributed by atoms with van der Waals surface area (Å²) >= 11 is 2.30. The van der Waals surface area contributed by atoms with Gasteiger partial charge in [-0.3, -0.25) is 4.79 Å². The van der Waals surface area contributed by atoms with E-state index in [2.05, 4.69) is 48.2 Å². The third-order valence-corrected chi connectivity index (χ3v) is 4.28. The van der Waals surface area contributed by atoms with Crippen molar-refractivity contribution in [3.05, 3.63) is 74.9 Å². The number of aryl methyl sites for hydroxylation is 2. The van der Waals surface area contributed by atoms with Crippen LogP contribution < -0.4 is 4.90 Å². The first-order valence-corrected chi connectivity index (χ1v) is 8.26. The summed E-state index contributed by atoms with van der Waals surface area (Å²) in [4.78, 5) is 14.5. The molecular weight excluding hydrogens is 385 g/mol. The number of rotatable bonds is 4. The van der Waals surface area contributed by atoms with Gasteiger partial charge in [-0.2, -0.15) is 0 Å². The van der Waals surface area contributed by atoms with Crippen LogP contribution in [0.25, 0.3) is 0 Å². The third-order valence-electron chi connectivity index (χ3n) is 3.46. The summed E-state index contributed by atoms with van der Waals surface area (Å²) in [7, 11) is 0. The van der Waals surface area contributed by atoms with Crippen molar-refractivity contribution in [2.75, 3.05) is 4.90 Å². The molecule has 0 unspecified atom stereocenters. The van der Waals surface area contributed by atoms with Crippen LogP contribution in [0.4, 0.5) is 5.69 Å². The van der Waals surface area contributed by atoms with E-state index in [1.54, 1.807) is 6.92 Å². The molecule has 3 heteroatoms. The molecule has 22 heavy (non-hydrogen) atoms. The number of hydrogen-bond acceptors (Lipinski definition) is 1. The van der Waals surface area contributed by atoms with E-state index in [9.17, 15) is 4.79 Å². The zero-order chi connectivity index (χ0) is 16.3. The Kier molecular flexibility index (Phi) is 5.40. The van der Waals surface area contributed by atoms with Gasteiger partial charge in [0.05, 0.1) is 12.2 Å². The molecular formula is C19H20INO. The van der Waals surface area contributed by atoms with Crippen molar-refractivity contribution in [1.29, 1.82) is 0 Å². The van der Waals surface area contributed by atoms with E-state index in [1.165, 1.54) is 5.56 Å². The summed E-state index contributed by atoms with van der Waals surface area (Å²) < 4.78 is 1.08. The second-order valence-electron chi connectivity index (χ2n) is 5.57. The van der Waals surface area contributed by atoms with Crippen LogP contribution in [-0.4, -0.2) is 5.91 Å². The number of nitrogens with zero attached hydrogens (tertiary/aromatic N) is 1. The number of benzene rings is 2. The van der Waals surface area contributed by atoms with Gasteiger partial charge in [0, 0.05) is 9.14 Å². The van der Waals surface area contributed by atoms with Crippen molar-refractivity contribution in [2.45, 2.75) is 27.3 Å². The highest BCUT2D eigenvalue weighted by atomic mass is 127. The predicted molar refractivity (Wildman–Crippen MR) is 101 cm³/mol. The molecule has 114 valence electrons. The molecule has 0 radical (unpaired) electrons. The standard InChI is InChI=1S/C19H20INO/c1-13(2)19(22)21(12-16-8-6-5-7-9-16)18-15(4)10-14(3)11-17(18)20/h5-11H,1,12H2,2-4H3. The highest BCUT2D eigenvalue weighted by molar-refractivity contribution is 14.1. The summed E-state index contributed by atoms with van der Waals surface area (Å²) in [5.41, 5.74) is 4.94. The summed E-state index contributed by atoms with van der Waals surface area (Å²) in [5, 5.41) is 0. The molecule has 2 rings (SSSR count). The Balaban J connectivity index is 2.50. The van der Waals surface area contributed by atoms with Gasteiger partial charge < -0.3 is 4.90 Å². The van der Waals surface area contributed by atoms with Crippen molar-refractivity contribution < 1.29 is 4.79 Å². The lowest BCUT2D eigenvalue weighted by molar-refractivity contribution is -0.115. The second kappa shape index (κ2) is 7.09. The van der Waals surface area contributed by atoms with E-state index in [1.807, 2.05) is 42.2 Å². The average Bonchev–Trinajstić information content (AvgIpc) is 2.45. The molecule has 0 saturated carbocycles. The van der Waals surface area contributed by atoms with Crippen LogP contribution in [0.1, 0.15) is 23.6 Å². The van der Waals surface area contributed by atoms with Gasteiger partial charge in [0.15, 0.2) is 0 Å². The zero-order valence-corrected chi connectivity index (χ0v) is 15.3. The lowest BCUT2D eigenvalue weighted by atomic mass is 10.1. The maximum Gasteiger partial charge on any atom is 0.253 e. The minimum absolute atomic E-state index is 0.0336. The van der Waals surface area contributed by atoms with Gasteiger partial charge in [0.1, 0.15) is 0 Å². The maximum atomic E-state index is 12.7. The molecule has 2 aromatic rings. The van der Waals surface area contributed by atoms with E-state index in [0.29, 0.717) is 12.1 Å². The topological polar surface area (TPSA) is 20.3 Å². The van der Waals surface area contributed by atoms with E-state index >= 15 is 0 Å². The molecule has 0 aromatic heterocycles. The van der Waals surface area contributed by atoms with Gasteiger partial charge in [0.25, 0.3) is 5.91 Å². The minimum atomic E-state index is -0.0336. The molecule has 0 spiro atoms. The molecule has 0 saturated heterocycles. The van der Waals surface area contributed by atoms with Crippen molar-refractivity contribution in [3.63, 3.8) is 0 Å². The Morgan fingerprint density at radius 1 is 1.18 bits per heavy atom. The summed E-state index contributed by atoms with van der Waals surface area (Å²) in [6, 6.07) is 14.3. The number of carbonyl (C=O) groups excluding carboxylic acids is 1. The van der Waals surface area contributed by atoms with Gasteiger partial charge in [-0.05, 0) is 66.1 Å². The Hall–Kier alpha value is -1.62. The van der Waals surface area contributed by atoms with Gasteiger partial charge >= 0.3 is 0 Å². The molecule has 0 aliphatic heterocycles. The lowest BCUT2D eigenvalue weighted by Gasteiger charge is -2.26. The van der Waals surface area contributed by atoms with Crippen LogP contribution >= 0.6 is 22.6 Å². The third kappa shape index (κ3) is 3.77. The normalized spacial score (nSPS) is 10.4. The molecule has 0 fully saturated rings. The number of amides is 1. The first-order chi connectivity index (χ1) is 10.4. The van der Waals surface area contributed by atoms with Crippen molar-refractivity contribution in [2.24, 2.45) is 0 Å².